The number of halogens is 1. The van der Waals surface area contributed by atoms with E-state index in [4.69, 9.17) is 9.31 Å². The highest BCUT2D eigenvalue weighted by molar-refractivity contribution is 6.58. The Morgan fingerprint density at radius 2 is 1.78 bits per heavy atom. The normalized spacial score (nSPS) is 26.1. The summed E-state index contributed by atoms with van der Waals surface area (Å²) in [7, 11) is -1.18. The molecular weight excluding hydrogens is 346 g/mol. The third kappa shape index (κ3) is 3.11. The molecule has 3 heterocycles. The van der Waals surface area contributed by atoms with Crippen LogP contribution in [0.3, 0.4) is 0 Å². The molecule has 7 heteroatoms. The molecule has 0 spiro atoms. The van der Waals surface area contributed by atoms with E-state index in [0.717, 1.165) is 31.5 Å². The first-order chi connectivity index (χ1) is 12.7. The Morgan fingerprint density at radius 3 is 2.41 bits per heavy atom. The molecule has 1 aromatic carbocycles. The van der Waals surface area contributed by atoms with Gasteiger partial charge in [0.05, 0.1) is 16.8 Å². The number of hydrogen-bond acceptors (Lipinski definition) is 4. The zero-order valence-electron chi connectivity index (χ0n) is 16.3. The quantitative estimate of drug-likeness (QED) is 0.617. The number of carbonyl (C=O) groups is 1. The number of benzene rings is 1. The average molecular weight is 372 g/mol. The number of hydrogen-bond donors (Lipinski definition) is 2. The lowest BCUT2D eigenvalue weighted by Crippen LogP contribution is -2.41. The standard InChI is InChI=1S/C20H26BFN2O3/c1-19(2)20(3,4)27-21(26-19)17(22)16-14-11-13(12-7-9-23-10-8-12)5-6-15(14)24-18(16)25/h5-6,11-12,23H,7-10H2,1-4H3,(H,24,25). The highest BCUT2D eigenvalue weighted by Crippen LogP contribution is 2.43. The molecule has 2 N–H and O–H groups in total. The Balaban J connectivity index is 1.71. The molecule has 5 nitrogen and oxygen atoms in total. The second-order valence-electron chi connectivity index (χ2n) is 8.59. The molecule has 3 aliphatic rings. The van der Waals surface area contributed by atoms with Crippen molar-refractivity contribution < 1.29 is 18.5 Å². The maximum atomic E-state index is 15.4. The summed E-state index contributed by atoms with van der Waals surface area (Å²) in [6.45, 7) is 9.41. The summed E-state index contributed by atoms with van der Waals surface area (Å²) in [5.74, 6) is -0.0203. The van der Waals surface area contributed by atoms with Crippen molar-refractivity contribution in [2.24, 2.45) is 0 Å². The van der Waals surface area contributed by atoms with E-state index < -0.39 is 30.0 Å². The highest BCUT2D eigenvalue weighted by atomic mass is 19.1. The van der Waals surface area contributed by atoms with Gasteiger partial charge in [0.1, 0.15) is 5.73 Å². The molecule has 144 valence electrons. The minimum atomic E-state index is -1.18. The zero-order chi connectivity index (χ0) is 19.4. The van der Waals surface area contributed by atoms with Gasteiger partial charge in [-0.25, -0.2) is 4.39 Å². The lowest BCUT2D eigenvalue weighted by molar-refractivity contribution is -0.110. The molecule has 0 saturated carbocycles. The van der Waals surface area contributed by atoms with Gasteiger partial charge in [0, 0.05) is 11.3 Å². The van der Waals surface area contributed by atoms with E-state index in [2.05, 4.69) is 10.6 Å². The predicted octanol–water partition coefficient (Wildman–Crippen LogP) is 3.42. The molecule has 2 fully saturated rings. The minimum absolute atomic E-state index is 0.0271. The Kier molecular flexibility index (Phi) is 4.44. The number of rotatable bonds is 2. The summed E-state index contributed by atoms with van der Waals surface area (Å²) in [6.07, 6.45) is 2.08. The van der Waals surface area contributed by atoms with E-state index >= 15 is 4.39 Å². The molecule has 1 amide bonds. The third-order valence-electron chi connectivity index (χ3n) is 6.30. The van der Waals surface area contributed by atoms with Crippen LogP contribution in [0.1, 0.15) is 57.6 Å². The maximum absolute atomic E-state index is 15.4. The van der Waals surface area contributed by atoms with E-state index in [1.807, 2.05) is 45.9 Å². The first kappa shape index (κ1) is 18.7. The molecule has 0 bridgehead atoms. The van der Waals surface area contributed by atoms with Crippen LogP contribution in [-0.4, -0.2) is 37.3 Å². The molecule has 0 aromatic heterocycles. The van der Waals surface area contributed by atoms with E-state index in [1.54, 1.807) is 0 Å². The van der Waals surface area contributed by atoms with Crippen LogP contribution in [0.2, 0.25) is 0 Å². The third-order valence-corrected chi connectivity index (χ3v) is 6.30. The summed E-state index contributed by atoms with van der Waals surface area (Å²) in [5, 5.41) is 6.12. The molecule has 27 heavy (non-hydrogen) atoms. The van der Waals surface area contributed by atoms with Crippen LogP contribution in [0.25, 0.3) is 5.57 Å². The van der Waals surface area contributed by atoms with Crippen molar-refractivity contribution >= 4 is 24.3 Å². The number of anilines is 1. The molecule has 0 atom stereocenters. The van der Waals surface area contributed by atoms with Gasteiger partial charge in [0.25, 0.3) is 5.91 Å². The minimum Gasteiger partial charge on any atom is -0.398 e. The summed E-state index contributed by atoms with van der Waals surface area (Å²) in [5.41, 5.74) is 0.426. The molecule has 1 aromatic rings. The van der Waals surface area contributed by atoms with Crippen molar-refractivity contribution in [1.29, 1.82) is 0 Å². The Labute approximate surface area is 159 Å². The first-order valence-corrected chi connectivity index (χ1v) is 9.61. The zero-order valence-corrected chi connectivity index (χ0v) is 16.3. The van der Waals surface area contributed by atoms with E-state index in [1.165, 1.54) is 0 Å². The molecule has 4 rings (SSSR count). The van der Waals surface area contributed by atoms with Crippen molar-refractivity contribution in [3.8, 4) is 0 Å². The summed E-state index contributed by atoms with van der Waals surface area (Å²) in [4.78, 5) is 12.5. The van der Waals surface area contributed by atoms with Crippen LogP contribution < -0.4 is 10.6 Å². The lowest BCUT2D eigenvalue weighted by Gasteiger charge is -2.32. The largest absolute Gasteiger partial charge is 0.526 e. The molecule has 0 aliphatic carbocycles. The number of carbonyl (C=O) groups excluding carboxylic acids is 1. The summed E-state index contributed by atoms with van der Waals surface area (Å²) >= 11 is 0. The van der Waals surface area contributed by atoms with Gasteiger partial charge in [-0.2, -0.15) is 0 Å². The highest BCUT2D eigenvalue weighted by Gasteiger charge is 2.54. The van der Waals surface area contributed by atoms with Crippen molar-refractivity contribution in [3.05, 3.63) is 35.1 Å². The number of amides is 1. The molecular formula is C20H26BFN2O3. The van der Waals surface area contributed by atoms with Gasteiger partial charge in [-0.05, 0) is 77.2 Å². The number of piperidine rings is 1. The van der Waals surface area contributed by atoms with Crippen molar-refractivity contribution in [2.45, 2.75) is 57.7 Å². The van der Waals surface area contributed by atoms with Crippen molar-refractivity contribution in [3.63, 3.8) is 0 Å². The topological polar surface area (TPSA) is 59.6 Å². The van der Waals surface area contributed by atoms with Crippen LogP contribution in [0, 0.1) is 0 Å². The average Bonchev–Trinajstić information content (AvgIpc) is 3.06. The van der Waals surface area contributed by atoms with Gasteiger partial charge in [0.2, 0.25) is 0 Å². The molecule has 3 aliphatic heterocycles. The van der Waals surface area contributed by atoms with Crippen LogP contribution in [0.5, 0.6) is 0 Å². The van der Waals surface area contributed by atoms with E-state index in [0.29, 0.717) is 17.2 Å². The molecule has 2 saturated heterocycles. The monoisotopic (exact) mass is 372 g/mol. The van der Waals surface area contributed by atoms with E-state index in [-0.39, 0.29) is 5.57 Å². The SMILES string of the molecule is CC1(C)OB(C(F)=C2C(=O)Nc3ccc(C4CCNCC4)cc32)OC1(C)C. The van der Waals surface area contributed by atoms with E-state index in [9.17, 15) is 4.79 Å². The first-order valence-electron chi connectivity index (χ1n) is 9.61. The van der Waals surface area contributed by atoms with Crippen molar-refractivity contribution in [2.75, 3.05) is 18.4 Å². The number of fused-ring (bicyclic) bond motifs is 1. The van der Waals surface area contributed by atoms with Gasteiger partial charge in [-0.1, -0.05) is 6.07 Å². The summed E-state index contributed by atoms with van der Waals surface area (Å²) in [6, 6.07) is 5.85. The van der Waals surface area contributed by atoms with Gasteiger partial charge in [0.15, 0.2) is 0 Å². The Bertz CT molecular complexity index is 799. The second kappa shape index (κ2) is 6.43. The fourth-order valence-electron chi connectivity index (χ4n) is 3.90. The Hall–Kier alpha value is -1.70. The molecule has 0 unspecified atom stereocenters. The van der Waals surface area contributed by atoms with Crippen LogP contribution in [0.4, 0.5) is 10.1 Å². The van der Waals surface area contributed by atoms with Gasteiger partial charge < -0.3 is 19.9 Å². The predicted molar refractivity (Wildman–Crippen MR) is 104 cm³/mol. The second-order valence-corrected chi connectivity index (χ2v) is 8.59. The van der Waals surface area contributed by atoms with Gasteiger partial charge in [-0.3, -0.25) is 4.79 Å². The van der Waals surface area contributed by atoms with Crippen LogP contribution in [0.15, 0.2) is 23.9 Å². The van der Waals surface area contributed by atoms with Crippen LogP contribution >= 0.6 is 0 Å². The smallest absolute Gasteiger partial charge is 0.398 e. The van der Waals surface area contributed by atoms with Gasteiger partial charge in [-0.15, -0.1) is 0 Å². The summed E-state index contributed by atoms with van der Waals surface area (Å²) < 4.78 is 27.0. The fraction of sp³-hybridized carbons (Fsp3) is 0.550. The van der Waals surface area contributed by atoms with Gasteiger partial charge >= 0.3 is 7.12 Å². The molecule has 0 radical (unpaired) electrons. The van der Waals surface area contributed by atoms with Crippen molar-refractivity contribution in [1.82, 2.24) is 5.32 Å². The lowest BCUT2D eigenvalue weighted by atomic mass is 9.82. The number of nitrogens with one attached hydrogen (secondary N) is 2. The Morgan fingerprint density at radius 1 is 1.15 bits per heavy atom. The maximum Gasteiger partial charge on any atom is 0.526 e. The fourth-order valence-corrected chi connectivity index (χ4v) is 3.90. The van der Waals surface area contributed by atoms with Crippen LogP contribution in [-0.2, 0) is 14.1 Å².